The Labute approximate surface area is 177 Å². The first-order valence-corrected chi connectivity index (χ1v) is 10.8. The molecule has 30 heavy (non-hydrogen) atoms. The molecule has 2 amide bonds. The molecule has 4 rings (SSSR count). The van der Waals surface area contributed by atoms with Gasteiger partial charge in [-0.1, -0.05) is 37.6 Å². The maximum atomic E-state index is 12.7. The Hall–Kier alpha value is -2.87. The summed E-state index contributed by atoms with van der Waals surface area (Å²) in [6.45, 7) is 6.75. The van der Waals surface area contributed by atoms with Crippen LogP contribution in [0.15, 0.2) is 24.3 Å². The van der Waals surface area contributed by atoms with Gasteiger partial charge in [0.1, 0.15) is 5.69 Å². The minimum atomic E-state index is -0.187. The van der Waals surface area contributed by atoms with Gasteiger partial charge in [0.05, 0.1) is 18.8 Å². The number of amides is 2. The fraction of sp³-hybridized carbons (Fsp3) is 0.500. The molecule has 1 fully saturated rings. The predicted molar refractivity (Wildman–Crippen MR) is 116 cm³/mol. The third-order valence-electron chi connectivity index (χ3n) is 5.65. The SMILES string of the molecule is CCCCOc1nc(N)c2c(n1)CN(Cc1ccccc1CN1CCCC1)C(=O)N2. The number of nitrogen functional groups attached to an aromatic ring is 1. The third kappa shape index (κ3) is 4.64. The van der Waals surface area contributed by atoms with Crippen LogP contribution in [0.2, 0.25) is 0 Å². The second-order valence-electron chi connectivity index (χ2n) is 7.95. The summed E-state index contributed by atoms with van der Waals surface area (Å²) in [5.41, 5.74) is 9.65. The fourth-order valence-corrected chi connectivity index (χ4v) is 3.95. The van der Waals surface area contributed by atoms with Crippen molar-refractivity contribution in [3.05, 3.63) is 41.1 Å². The Morgan fingerprint density at radius 3 is 2.60 bits per heavy atom. The van der Waals surface area contributed by atoms with Crippen molar-refractivity contribution in [1.29, 1.82) is 0 Å². The molecule has 0 radical (unpaired) electrons. The number of anilines is 2. The number of carbonyl (C=O) groups is 1. The van der Waals surface area contributed by atoms with Crippen molar-refractivity contribution in [1.82, 2.24) is 19.8 Å². The molecule has 0 atom stereocenters. The van der Waals surface area contributed by atoms with Gasteiger partial charge < -0.3 is 20.7 Å². The summed E-state index contributed by atoms with van der Waals surface area (Å²) in [5.74, 6) is 0.244. The average Bonchev–Trinajstić information content (AvgIpc) is 3.24. The molecule has 0 unspecified atom stereocenters. The van der Waals surface area contributed by atoms with E-state index in [-0.39, 0.29) is 17.9 Å². The number of aromatic nitrogens is 2. The Morgan fingerprint density at radius 1 is 1.13 bits per heavy atom. The van der Waals surface area contributed by atoms with E-state index < -0.39 is 0 Å². The van der Waals surface area contributed by atoms with Gasteiger partial charge in [0.2, 0.25) is 0 Å². The average molecular weight is 411 g/mol. The van der Waals surface area contributed by atoms with Crippen molar-refractivity contribution in [2.24, 2.45) is 0 Å². The number of unbranched alkanes of at least 4 members (excludes halogenated alkanes) is 1. The molecule has 3 heterocycles. The second-order valence-corrected chi connectivity index (χ2v) is 7.95. The third-order valence-corrected chi connectivity index (χ3v) is 5.65. The lowest BCUT2D eigenvalue weighted by molar-refractivity contribution is 0.201. The van der Waals surface area contributed by atoms with Crippen molar-refractivity contribution < 1.29 is 9.53 Å². The minimum absolute atomic E-state index is 0.187. The molecule has 1 aromatic heterocycles. The van der Waals surface area contributed by atoms with Gasteiger partial charge in [-0.15, -0.1) is 0 Å². The quantitative estimate of drug-likeness (QED) is 0.648. The topological polar surface area (TPSA) is 96.6 Å². The van der Waals surface area contributed by atoms with Crippen LogP contribution < -0.4 is 15.8 Å². The van der Waals surface area contributed by atoms with Gasteiger partial charge >= 0.3 is 12.0 Å². The number of ether oxygens (including phenoxy) is 1. The predicted octanol–water partition coefficient (Wildman–Crippen LogP) is 3.38. The number of fused-ring (bicyclic) bond motifs is 1. The molecule has 8 heteroatoms. The van der Waals surface area contributed by atoms with Crippen molar-refractivity contribution >= 4 is 17.5 Å². The highest BCUT2D eigenvalue weighted by Gasteiger charge is 2.27. The van der Waals surface area contributed by atoms with Crippen molar-refractivity contribution in [3.63, 3.8) is 0 Å². The van der Waals surface area contributed by atoms with E-state index in [1.54, 1.807) is 4.90 Å². The number of hydrogen-bond donors (Lipinski definition) is 2. The highest BCUT2D eigenvalue weighted by atomic mass is 16.5. The van der Waals surface area contributed by atoms with Gasteiger partial charge in [0.15, 0.2) is 5.82 Å². The van der Waals surface area contributed by atoms with Crippen LogP contribution >= 0.6 is 0 Å². The number of carbonyl (C=O) groups excluding carboxylic acids is 1. The Balaban J connectivity index is 1.50. The van der Waals surface area contributed by atoms with Crippen LogP contribution in [-0.2, 0) is 19.6 Å². The van der Waals surface area contributed by atoms with Crippen LogP contribution in [0.3, 0.4) is 0 Å². The highest BCUT2D eigenvalue weighted by Crippen LogP contribution is 2.29. The molecule has 2 aliphatic rings. The Kier molecular flexibility index (Phi) is 6.32. The van der Waals surface area contributed by atoms with Crippen LogP contribution in [0.25, 0.3) is 0 Å². The smallest absolute Gasteiger partial charge is 0.322 e. The molecule has 1 aromatic carbocycles. The molecule has 8 nitrogen and oxygen atoms in total. The number of rotatable bonds is 8. The summed E-state index contributed by atoms with van der Waals surface area (Å²) in [6.07, 6.45) is 4.48. The maximum Gasteiger partial charge on any atom is 0.322 e. The van der Waals surface area contributed by atoms with Crippen LogP contribution in [-0.4, -0.2) is 45.5 Å². The molecule has 1 saturated heterocycles. The Morgan fingerprint density at radius 2 is 1.87 bits per heavy atom. The second kappa shape index (κ2) is 9.30. The summed E-state index contributed by atoms with van der Waals surface area (Å²) >= 11 is 0. The zero-order chi connectivity index (χ0) is 20.9. The first-order chi connectivity index (χ1) is 14.6. The molecule has 0 aliphatic carbocycles. The molecule has 0 saturated carbocycles. The summed E-state index contributed by atoms with van der Waals surface area (Å²) in [5, 5.41) is 2.86. The maximum absolute atomic E-state index is 12.7. The van der Waals surface area contributed by atoms with Gasteiger partial charge in [0, 0.05) is 13.1 Å². The number of likely N-dealkylation sites (tertiary alicyclic amines) is 1. The van der Waals surface area contributed by atoms with Gasteiger partial charge in [-0.25, -0.2) is 4.79 Å². The monoisotopic (exact) mass is 410 g/mol. The van der Waals surface area contributed by atoms with E-state index >= 15 is 0 Å². The van der Waals surface area contributed by atoms with Gasteiger partial charge in [-0.3, -0.25) is 4.90 Å². The molecular weight excluding hydrogens is 380 g/mol. The van der Waals surface area contributed by atoms with E-state index in [0.717, 1.165) is 38.0 Å². The molecule has 2 aliphatic heterocycles. The molecule has 3 N–H and O–H groups in total. The number of nitrogens with two attached hydrogens (primary N) is 1. The summed E-state index contributed by atoms with van der Waals surface area (Å²) < 4.78 is 5.63. The number of hydrogen-bond acceptors (Lipinski definition) is 6. The number of nitrogens with one attached hydrogen (secondary N) is 1. The normalized spacial score (nSPS) is 16.4. The molecule has 0 bridgehead atoms. The number of nitrogens with zero attached hydrogens (tertiary/aromatic N) is 4. The van der Waals surface area contributed by atoms with Crippen molar-refractivity contribution in [2.75, 3.05) is 30.7 Å². The molecular formula is C22H30N6O2. The lowest BCUT2D eigenvalue weighted by atomic mass is 10.1. The van der Waals surface area contributed by atoms with E-state index in [2.05, 4.69) is 45.3 Å². The van der Waals surface area contributed by atoms with E-state index in [0.29, 0.717) is 31.1 Å². The standard InChI is InChI=1S/C22H30N6O2/c1-2-3-12-30-21-24-18-15-28(22(29)25-19(18)20(23)26-21)14-17-9-5-4-8-16(17)13-27-10-6-7-11-27/h4-5,8-9H,2-3,6-7,10-15H2,1H3,(H,25,29)(H2,23,24,26). The zero-order valence-electron chi connectivity index (χ0n) is 17.6. The van der Waals surface area contributed by atoms with Crippen LogP contribution in [0, 0.1) is 0 Å². The van der Waals surface area contributed by atoms with E-state index in [1.807, 2.05) is 6.07 Å². The van der Waals surface area contributed by atoms with Crippen LogP contribution in [0.1, 0.15) is 49.4 Å². The Bertz CT molecular complexity index is 897. The lowest BCUT2D eigenvalue weighted by Crippen LogP contribution is -2.39. The summed E-state index contributed by atoms with van der Waals surface area (Å²) in [4.78, 5) is 25.6. The molecule has 0 spiro atoms. The zero-order valence-corrected chi connectivity index (χ0v) is 17.6. The van der Waals surface area contributed by atoms with Gasteiger partial charge in [-0.2, -0.15) is 9.97 Å². The molecule has 160 valence electrons. The van der Waals surface area contributed by atoms with Crippen molar-refractivity contribution in [3.8, 4) is 6.01 Å². The fourth-order valence-electron chi connectivity index (χ4n) is 3.95. The van der Waals surface area contributed by atoms with E-state index in [9.17, 15) is 4.79 Å². The first kappa shape index (κ1) is 20.4. The van der Waals surface area contributed by atoms with E-state index in [1.165, 1.54) is 18.4 Å². The van der Waals surface area contributed by atoms with Crippen LogP contribution in [0.4, 0.5) is 16.3 Å². The minimum Gasteiger partial charge on any atom is -0.463 e. The van der Waals surface area contributed by atoms with Gasteiger partial charge in [0.25, 0.3) is 0 Å². The number of urea groups is 1. The van der Waals surface area contributed by atoms with Gasteiger partial charge in [-0.05, 0) is 43.5 Å². The largest absolute Gasteiger partial charge is 0.463 e. The summed E-state index contributed by atoms with van der Waals surface area (Å²) in [6, 6.07) is 8.43. The molecule has 2 aromatic rings. The first-order valence-electron chi connectivity index (χ1n) is 10.8. The van der Waals surface area contributed by atoms with Crippen molar-refractivity contribution in [2.45, 2.75) is 52.2 Å². The summed E-state index contributed by atoms with van der Waals surface area (Å²) in [7, 11) is 0. The number of benzene rings is 1. The lowest BCUT2D eigenvalue weighted by Gasteiger charge is -2.30. The van der Waals surface area contributed by atoms with E-state index in [4.69, 9.17) is 10.5 Å². The van der Waals surface area contributed by atoms with Crippen LogP contribution in [0.5, 0.6) is 6.01 Å². The highest BCUT2D eigenvalue weighted by molar-refractivity contribution is 5.94.